The molecule has 0 heterocycles. The van der Waals surface area contributed by atoms with Crippen molar-refractivity contribution in [2.75, 3.05) is 13.0 Å². The van der Waals surface area contributed by atoms with Crippen LogP contribution in [0.4, 0.5) is 0 Å². The van der Waals surface area contributed by atoms with Crippen molar-refractivity contribution in [2.24, 2.45) is 0 Å². The van der Waals surface area contributed by atoms with Crippen LogP contribution in [-0.2, 0) is 0 Å². The molecule has 0 unspecified atom stereocenters. The SMILES string of the molecule is COc1c(I)cc(Cl)cc1C(=O)CCl. The lowest BCUT2D eigenvalue weighted by Crippen LogP contribution is -2.04. The van der Waals surface area contributed by atoms with Crippen molar-refractivity contribution < 1.29 is 9.53 Å². The molecular weight excluding hydrogens is 338 g/mol. The van der Waals surface area contributed by atoms with Crippen molar-refractivity contribution in [3.8, 4) is 5.75 Å². The third-order valence-electron chi connectivity index (χ3n) is 1.63. The maximum Gasteiger partial charge on any atom is 0.181 e. The van der Waals surface area contributed by atoms with Gasteiger partial charge in [-0.3, -0.25) is 4.79 Å². The minimum Gasteiger partial charge on any atom is -0.495 e. The minimum absolute atomic E-state index is 0.0766. The van der Waals surface area contributed by atoms with Crippen LogP contribution in [0, 0.1) is 3.57 Å². The minimum atomic E-state index is -0.191. The molecule has 1 aromatic carbocycles. The van der Waals surface area contributed by atoms with E-state index in [-0.39, 0.29) is 11.7 Å². The molecule has 0 amide bonds. The van der Waals surface area contributed by atoms with E-state index in [1.54, 1.807) is 12.1 Å². The van der Waals surface area contributed by atoms with Crippen LogP contribution in [0.25, 0.3) is 0 Å². The molecule has 0 aliphatic heterocycles. The zero-order chi connectivity index (χ0) is 10.7. The number of methoxy groups -OCH3 is 1. The van der Waals surface area contributed by atoms with Gasteiger partial charge in [0.1, 0.15) is 5.75 Å². The smallest absolute Gasteiger partial charge is 0.181 e. The number of halogens is 3. The standard InChI is InChI=1S/C9H7Cl2IO2/c1-14-9-6(8(13)4-10)2-5(11)3-7(9)12/h2-3H,4H2,1H3. The number of hydrogen-bond donors (Lipinski definition) is 0. The van der Waals surface area contributed by atoms with E-state index in [0.29, 0.717) is 16.3 Å². The summed E-state index contributed by atoms with van der Waals surface area (Å²) in [6.45, 7) is 0. The molecule has 1 rings (SSSR count). The van der Waals surface area contributed by atoms with Gasteiger partial charge in [0.05, 0.1) is 22.1 Å². The molecule has 0 spiro atoms. The highest BCUT2D eigenvalue weighted by atomic mass is 127. The van der Waals surface area contributed by atoms with Crippen LogP contribution in [0.15, 0.2) is 12.1 Å². The van der Waals surface area contributed by atoms with Crippen LogP contribution < -0.4 is 4.74 Å². The molecule has 0 radical (unpaired) electrons. The van der Waals surface area contributed by atoms with E-state index in [1.165, 1.54) is 7.11 Å². The molecule has 2 nitrogen and oxygen atoms in total. The van der Waals surface area contributed by atoms with Gasteiger partial charge in [-0.15, -0.1) is 11.6 Å². The molecule has 0 saturated heterocycles. The monoisotopic (exact) mass is 344 g/mol. The van der Waals surface area contributed by atoms with Gasteiger partial charge >= 0.3 is 0 Å². The molecule has 1 aromatic rings. The molecule has 0 fully saturated rings. The number of carbonyl (C=O) groups excluding carboxylic acids is 1. The van der Waals surface area contributed by atoms with Crippen LogP contribution in [0.1, 0.15) is 10.4 Å². The Balaban J connectivity index is 3.32. The summed E-state index contributed by atoms with van der Waals surface area (Å²) in [4.78, 5) is 11.4. The van der Waals surface area contributed by atoms with E-state index in [9.17, 15) is 4.79 Å². The highest BCUT2D eigenvalue weighted by Crippen LogP contribution is 2.29. The predicted octanol–water partition coefficient (Wildman–Crippen LogP) is 3.37. The van der Waals surface area contributed by atoms with E-state index in [1.807, 2.05) is 0 Å². The normalized spacial score (nSPS) is 10.0. The van der Waals surface area contributed by atoms with Gasteiger partial charge in [-0.1, -0.05) is 11.6 Å². The Morgan fingerprint density at radius 2 is 2.21 bits per heavy atom. The summed E-state index contributed by atoms with van der Waals surface area (Å²) in [5.41, 5.74) is 0.430. The summed E-state index contributed by atoms with van der Waals surface area (Å²) < 4.78 is 5.91. The highest BCUT2D eigenvalue weighted by molar-refractivity contribution is 14.1. The number of ketones is 1. The van der Waals surface area contributed by atoms with E-state index in [4.69, 9.17) is 27.9 Å². The average molecular weight is 345 g/mol. The van der Waals surface area contributed by atoms with E-state index < -0.39 is 0 Å². The Bertz CT molecular complexity index is 366. The molecule has 0 aliphatic carbocycles. The van der Waals surface area contributed by atoms with Gasteiger partial charge in [0, 0.05) is 5.02 Å². The van der Waals surface area contributed by atoms with Gasteiger partial charge in [-0.25, -0.2) is 0 Å². The van der Waals surface area contributed by atoms with Crippen molar-refractivity contribution in [3.05, 3.63) is 26.3 Å². The Labute approximate surface area is 106 Å². The molecular formula is C9H7Cl2IO2. The summed E-state index contributed by atoms with van der Waals surface area (Å²) >= 11 is 13.4. The average Bonchev–Trinajstić information content (AvgIpc) is 2.15. The van der Waals surface area contributed by atoms with Crippen molar-refractivity contribution in [2.45, 2.75) is 0 Å². The Hall–Kier alpha value is -0.000000000000000111. The predicted molar refractivity (Wildman–Crippen MR) is 65.8 cm³/mol. The van der Waals surface area contributed by atoms with Gasteiger partial charge < -0.3 is 4.74 Å². The van der Waals surface area contributed by atoms with Crippen LogP contribution in [-0.4, -0.2) is 18.8 Å². The molecule has 0 aliphatic rings. The fourth-order valence-corrected chi connectivity index (χ4v) is 2.44. The van der Waals surface area contributed by atoms with E-state index in [0.717, 1.165) is 3.57 Å². The van der Waals surface area contributed by atoms with Gasteiger partial charge in [0.2, 0.25) is 0 Å². The van der Waals surface area contributed by atoms with Gasteiger partial charge in [0.25, 0.3) is 0 Å². The maximum atomic E-state index is 11.4. The Morgan fingerprint density at radius 1 is 1.57 bits per heavy atom. The molecule has 76 valence electrons. The van der Waals surface area contributed by atoms with Crippen molar-refractivity contribution in [3.63, 3.8) is 0 Å². The first-order valence-corrected chi connectivity index (χ1v) is 5.71. The fraction of sp³-hybridized carbons (Fsp3) is 0.222. The second kappa shape index (κ2) is 5.19. The topological polar surface area (TPSA) is 26.3 Å². The number of benzene rings is 1. The number of alkyl halides is 1. The third-order valence-corrected chi connectivity index (χ3v) is 2.90. The van der Waals surface area contributed by atoms with Crippen molar-refractivity contribution in [1.29, 1.82) is 0 Å². The lowest BCUT2D eigenvalue weighted by Gasteiger charge is -2.08. The number of rotatable bonds is 3. The van der Waals surface area contributed by atoms with E-state index >= 15 is 0 Å². The summed E-state index contributed by atoms with van der Waals surface area (Å²) in [7, 11) is 1.51. The summed E-state index contributed by atoms with van der Waals surface area (Å²) in [6.07, 6.45) is 0. The van der Waals surface area contributed by atoms with E-state index in [2.05, 4.69) is 22.6 Å². The first-order valence-electron chi connectivity index (χ1n) is 3.72. The van der Waals surface area contributed by atoms with Gasteiger partial charge in [0.15, 0.2) is 5.78 Å². The second-order valence-corrected chi connectivity index (χ2v) is 4.39. The zero-order valence-corrected chi connectivity index (χ0v) is 11.0. The van der Waals surface area contributed by atoms with Crippen LogP contribution >= 0.6 is 45.8 Å². The molecule has 0 N–H and O–H groups in total. The fourth-order valence-electron chi connectivity index (χ4n) is 1.05. The van der Waals surface area contributed by atoms with Crippen LogP contribution in [0.5, 0.6) is 5.75 Å². The maximum absolute atomic E-state index is 11.4. The molecule has 0 atom stereocenters. The summed E-state index contributed by atoms with van der Waals surface area (Å²) in [5, 5.41) is 0.503. The molecule has 0 aromatic heterocycles. The molecule has 14 heavy (non-hydrogen) atoms. The highest BCUT2D eigenvalue weighted by Gasteiger charge is 2.15. The molecule has 0 saturated carbocycles. The van der Waals surface area contributed by atoms with Gasteiger partial charge in [-0.05, 0) is 34.7 Å². The second-order valence-electron chi connectivity index (χ2n) is 2.53. The van der Waals surface area contributed by atoms with Crippen LogP contribution in [0.2, 0.25) is 5.02 Å². The first-order chi connectivity index (χ1) is 6.60. The Morgan fingerprint density at radius 3 is 2.71 bits per heavy atom. The number of ether oxygens (including phenoxy) is 1. The largest absolute Gasteiger partial charge is 0.495 e. The molecule has 5 heteroatoms. The molecule has 0 bridgehead atoms. The third kappa shape index (κ3) is 2.52. The first kappa shape index (κ1) is 12.1. The van der Waals surface area contributed by atoms with Gasteiger partial charge in [-0.2, -0.15) is 0 Å². The number of Topliss-reactive ketones (excluding diaryl/α,β-unsaturated/α-hetero) is 1. The quantitative estimate of drug-likeness (QED) is 0.477. The zero-order valence-electron chi connectivity index (χ0n) is 7.31. The lowest BCUT2D eigenvalue weighted by atomic mass is 10.1. The lowest BCUT2D eigenvalue weighted by molar-refractivity contribution is 0.101. The summed E-state index contributed by atoms with van der Waals surface area (Å²) in [5.74, 6) is 0.261. The number of hydrogen-bond acceptors (Lipinski definition) is 2. The van der Waals surface area contributed by atoms with Crippen molar-refractivity contribution >= 4 is 51.6 Å². The summed E-state index contributed by atoms with van der Waals surface area (Å²) in [6, 6.07) is 3.29. The Kier molecular flexibility index (Phi) is 4.47. The number of carbonyl (C=O) groups is 1. The van der Waals surface area contributed by atoms with Crippen molar-refractivity contribution in [1.82, 2.24) is 0 Å². The van der Waals surface area contributed by atoms with Crippen LogP contribution in [0.3, 0.4) is 0 Å².